The summed E-state index contributed by atoms with van der Waals surface area (Å²) >= 11 is 0. The Morgan fingerprint density at radius 2 is 1.95 bits per heavy atom. The number of carbonyl (C=O) groups excluding carboxylic acids is 3. The van der Waals surface area contributed by atoms with Crippen LogP contribution in [0.1, 0.15) is 53.4 Å². The largest absolute Gasteiger partial charge is 0.394 e. The quantitative estimate of drug-likeness (QED) is 0.264. The van der Waals surface area contributed by atoms with Crippen LogP contribution in [0, 0.1) is 18.3 Å². The fraction of sp³-hybridized carbons (Fsp3) is 0.440. The van der Waals surface area contributed by atoms with Gasteiger partial charge in [-0.25, -0.2) is 4.79 Å². The summed E-state index contributed by atoms with van der Waals surface area (Å²) in [5, 5.41) is 32.0. The second-order valence-corrected chi connectivity index (χ2v) is 9.18. The van der Waals surface area contributed by atoms with E-state index in [9.17, 15) is 39.4 Å². The Kier molecular flexibility index (Phi) is 8.24. The number of benzene rings is 1. The molecule has 3 atom stereocenters. The zero-order chi connectivity index (χ0) is 28.3. The Bertz CT molecular complexity index is 1440. The first-order chi connectivity index (χ1) is 18.6. The number of aliphatic hydroxyl groups excluding tert-OH is 2. The van der Waals surface area contributed by atoms with E-state index in [1.54, 1.807) is 6.92 Å². The van der Waals surface area contributed by atoms with E-state index in [-0.39, 0.29) is 61.2 Å². The van der Waals surface area contributed by atoms with E-state index in [0.717, 1.165) is 4.57 Å². The van der Waals surface area contributed by atoms with Gasteiger partial charge in [-0.2, -0.15) is 5.26 Å². The van der Waals surface area contributed by atoms with Crippen LogP contribution in [0.2, 0.25) is 0 Å². The zero-order valence-corrected chi connectivity index (χ0v) is 21.0. The molecule has 14 heteroatoms. The number of rotatable bonds is 9. The number of aliphatic hydroxyl groups is 2. The third-order valence-electron chi connectivity index (χ3n) is 6.46. The van der Waals surface area contributed by atoms with E-state index in [0.29, 0.717) is 5.06 Å². The van der Waals surface area contributed by atoms with Crippen LogP contribution >= 0.6 is 0 Å². The number of carbonyl (C=O) groups is 3. The summed E-state index contributed by atoms with van der Waals surface area (Å²) in [5.41, 5.74) is -0.776. The van der Waals surface area contributed by atoms with Crippen molar-refractivity contribution in [2.75, 3.05) is 13.2 Å². The van der Waals surface area contributed by atoms with E-state index in [1.807, 2.05) is 6.07 Å². The van der Waals surface area contributed by atoms with Crippen molar-refractivity contribution in [2.24, 2.45) is 0 Å². The molecule has 206 valence electrons. The van der Waals surface area contributed by atoms with Crippen molar-refractivity contribution in [3.8, 4) is 11.8 Å². The number of nitriles is 1. The highest BCUT2D eigenvalue weighted by atomic mass is 16.7. The molecule has 2 aromatic rings. The molecule has 3 N–H and O–H groups in total. The van der Waals surface area contributed by atoms with Crippen LogP contribution in [0.15, 0.2) is 34.0 Å². The number of nitrogens with one attached hydrogen (secondary N) is 1. The number of hydrogen-bond donors (Lipinski definition) is 3. The molecule has 0 saturated carbocycles. The predicted molar refractivity (Wildman–Crippen MR) is 131 cm³/mol. The van der Waals surface area contributed by atoms with Crippen LogP contribution < -0.4 is 21.4 Å². The number of hydrogen-bond acceptors (Lipinski definition) is 10. The summed E-state index contributed by atoms with van der Waals surface area (Å²) in [5.74, 6) is -1.61. The Labute approximate surface area is 221 Å². The lowest BCUT2D eigenvalue weighted by molar-refractivity contribution is -0.164. The van der Waals surface area contributed by atoms with Crippen molar-refractivity contribution in [2.45, 2.75) is 57.6 Å². The van der Waals surface area contributed by atoms with Crippen LogP contribution in [-0.2, 0) is 20.9 Å². The standard InChI is InChI=1S/C25H27N5O9/c1-14-12-29(22-10-17(32)19(13-31)38-22)25(37)28(24(14)36)8-2-7-27-23(35)15-3-4-18(16(9-15)11-26)39-30-20(33)5-6-21(30)34/h3-4,9,12,17,19,22,31-32H,2,5-8,10,13H2,1H3,(H,27,35)/t17-,19?,22+/m0/s1. The van der Waals surface area contributed by atoms with Crippen LogP contribution in [0.4, 0.5) is 0 Å². The van der Waals surface area contributed by atoms with Gasteiger partial charge < -0.3 is 25.1 Å². The molecule has 2 aliphatic rings. The zero-order valence-electron chi connectivity index (χ0n) is 21.0. The minimum absolute atomic E-state index is 0.00750. The molecule has 0 aliphatic carbocycles. The topological polar surface area (TPSA) is 193 Å². The number of aryl methyl sites for hydroxylation is 1. The monoisotopic (exact) mass is 541 g/mol. The summed E-state index contributed by atoms with van der Waals surface area (Å²) in [6, 6.07) is 5.81. The molecule has 2 fully saturated rings. The van der Waals surface area contributed by atoms with E-state index in [1.165, 1.54) is 29.0 Å². The SMILES string of the molecule is Cc1cn([C@H]2C[C@H](O)C(CO)O2)c(=O)n(CCCNC(=O)c2ccc(ON3C(=O)CCC3=O)c(C#N)c2)c1=O. The van der Waals surface area contributed by atoms with Gasteiger partial charge in [0.15, 0.2) is 5.75 Å². The number of aromatic nitrogens is 2. The molecule has 0 bridgehead atoms. The maximum Gasteiger partial charge on any atom is 0.333 e. The van der Waals surface area contributed by atoms with Gasteiger partial charge in [0.25, 0.3) is 23.3 Å². The molecule has 1 aromatic carbocycles. The number of ether oxygens (including phenoxy) is 1. The molecule has 1 aromatic heterocycles. The molecule has 4 rings (SSSR count). The highest BCUT2D eigenvalue weighted by Crippen LogP contribution is 2.27. The van der Waals surface area contributed by atoms with Crippen molar-refractivity contribution in [3.63, 3.8) is 0 Å². The molecular formula is C25H27N5O9. The van der Waals surface area contributed by atoms with Gasteiger partial charge in [0.1, 0.15) is 18.4 Å². The lowest BCUT2D eigenvalue weighted by atomic mass is 10.1. The van der Waals surface area contributed by atoms with Gasteiger partial charge in [0.2, 0.25) is 0 Å². The fourth-order valence-corrected chi connectivity index (χ4v) is 4.35. The lowest BCUT2D eigenvalue weighted by Crippen LogP contribution is -2.42. The average Bonchev–Trinajstić information content (AvgIpc) is 3.46. The molecule has 1 unspecified atom stereocenters. The Morgan fingerprint density at radius 3 is 2.59 bits per heavy atom. The lowest BCUT2D eigenvalue weighted by Gasteiger charge is -2.17. The van der Waals surface area contributed by atoms with Crippen molar-refractivity contribution in [3.05, 3.63) is 61.9 Å². The molecule has 39 heavy (non-hydrogen) atoms. The number of amides is 3. The van der Waals surface area contributed by atoms with E-state index >= 15 is 0 Å². The van der Waals surface area contributed by atoms with Crippen molar-refractivity contribution in [1.82, 2.24) is 19.5 Å². The maximum atomic E-state index is 13.0. The van der Waals surface area contributed by atoms with Crippen LogP contribution in [0.25, 0.3) is 0 Å². The summed E-state index contributed by atoms with van der Waals surface area (Å²) in [4.78, 5) is 67.0. The molecule has 2 aliphatic heterocycles. The third kappa shape index (κ3) is 5.75. The van der Waals surface area contributed by atoms with Gasteiger partial charge >= 0.3 is 5.69 Å². The molecular weight excluding hydrogens is 514 g/mol. The van der Waals surface area contributed by atoms with Crippen LogP contribution in [-0.4, -0.2) is 67.5 Å². The second-order valence-electron chi connectivity index (χ2n) is 9.18. The van der Waals surface area contributed by atoms with Crippen molar-refractivity contribution >= 4 is 17.7 Å². The first kappa shape index (κ1) is 27.7. The number of nitrogens with zero attached hydrogens (tertiary/aromatic N) is 4. The maximum absolute atomic E-state index is 13.0. The average molecular weight is 542 g/mol. The summed E-state index contributed by atoms with van der Waals surface area (Å²) in [7, 11) is 0. The van der Waals surface area contributed by atoms with E-state index < -0.39 is 54.0 Å². The third-order valence-corrected chi connectivity index (χ3v) is 6.46. The Balaban J connectivity index is 1.38. The number of hydroxylamine groups is 2. The molecule has 0 radical (unpaired) electrons. The van der Waals surface area contributed by atoms with Crippen molar-refractivity contribution in [1.29, 1.82) is 5.26 Å². The van der Waals surface area contributed by atoms with Gasteiger partial charge in [-0.05, 0) is 31.5 Å². The second kappa shape index (κ2) is 11.6. The van der Waals surface area contributed by atoms with Gasteiger partial charge in [0.05, 0.1) is 18.3 Å². The fourth-order valence-electron chi connectivity index (χ4n) is 4.35. The normalized spacial score (nSPS) is 20.8. The highest BCUT2D eigenvalue weighted by molar-refractivity contribution is 6.01. The van der Waals surface area contributed by atoms with Crippen LogP contribution in [0.5, 0.6) is 5.75 Å². The highest BCUT2D eigenvalue weighted by Gasteiger charge is 2.35. The van der Waals surface area contributed by atoms with Gasteiger partial charge in [-0.15, -0.1) is 5.06 Å². The minimum Gasteiger partial charge on any atom is -0.394 e. The first-order valence-electron chi connectivity index (χ1n) is 12.3. The van der Waals surface area contributed by atoms with E-state index in [4.69, 9.17) is 9.57 Å². The van der Waals surface area contributed by atoms with E-state index in [2.05, 4.69) is 5.32 Å². The van der Waals surface area contributed by atoms with Crippen LogP contribution in [0.3, 0.4) is 0 Å². The first-order valence-corrected chi connectivity index (χ1v) is 12.3. The smallest absolute Gasteiger partial charge is 0.333 e. The van der Waals surface area contributed by atoms with Gasteiger partial charge in [-0.3, -0.25) is 28.3 Å². The minimum atomic E-state index is -0.949. The molecule has 14 nitrogen and oxygen atoms in total. The van der Waals surface area contributed by atoms with Gasteiger partial charge in [0, 0.05) is 49.7 Å². The Hall–Kier alpha value is -4.32. The van der Waals surface area contributed by atoms with Crippen molar-refractivity contribution < 1.29 is 34.2 Å². The summed E-state index contributed by atoms with van der Waals surface area (Å²) in [6.45, 7) is 1.22. The molecule has 2 saturated heterocycles. The Morgan fingerprint density at radius 1 is 1.23 bits per heavy atom. The predicted octanol–water partition coefficient (Wildman–Crippen LogP) is -0.906. The van der Waals surface area contributed by atoms with Gasteiger partial charge in [-0.1, -0.05) is 0 Å². The number of imide groups is 1. The summed E-state index contributed by atoms with van der Waals surface area (Å²) < 4.78 is 7.77. The summed E-state index contributed by atoms with van der Waals surface area (Å²) in [6.07, 6.45) is -0.911. The molecule has 3 heterocycles. The molecule has 3 amide bonds. The molecule has 0 spiro atoms.